The summed E-state index contributed by atoms with van der Waals surface area (Å²) in [6, 6.07) is 7.00. The maximum atomic E-state index is 12.8. The second-order valence-electron chi connectivity index (χ2n) is 3.25. The van der Waals surface area contributed by atoms with Crippen LogP contribution in [-0.2, 0) is 6.42 Å². The van der Waals surface area contributed by atoms with Gasteiger partial charge in [0.2, 0.25) is 5.95 Å². The Morgan fingerprint density at radius 3 is 2.94 bits per heavy atom. The largest absolute Gasteiger partial charge is 0.385 e. The zero-order valence-corrected chi connectivity index (χ0v) is 9.98. The molecule has 0 spiro atoms. The maximum absolute atomic E-state index is 12.8. The lowest BCUT2D eigenvalue weighted by atomic mass is 10.3. The molecule has 2 rings (SSSR count). The minimum Gasteiger partial charge on any atom is -0.385 e. The first-order valence-corrected chi connectivity index (χ1v) is 6.03. The van der Waals surface area contributed by atoms with Gasteiger partial charge in [-0.1, -0.05) is 11.6 Å². The zero-order valence-electron chi connectivity index (χ0n) is 8.41. The second-order valence-corrected chi connectivity index (χ2v) is 5.05. The first-order valence-electron chi connectivity index (χ1n) is 4.84. The van der Waals surface area contributed by atoms with Crippen molar-refractivity contribution in [2.75, 3.05) is 11.9 Å². The van der Waals surface area contributed by atoms with Crippen molar-refractivity contribution < 1.29 is 4.39 Å². The van der Waals surface area contributed by atoms with Gasteiger partial charge >= 0.3 is 0 Å². The predicted molar refractivity (Wildman–Crippen MR) is 65.7 cm³/mol. The second kappa shape index (κ2) is 5.27. The minimum atomic E-state index is -0.468. The van der Waals surface area contributed by atoms with Crippen LogP contribution in [0.2, 0.25) is 4.34 Å². The van der Waals surface area contributed by atoms with Crippen LogP contribution in [-0.4, -0.2) is 11.5 Å². The molecule has 0 atom stereocenters. The van der Waals surface area contributed by atoms with Crippen LogP contribution in [0.1, 0.15) is 4.88 Å². The van der Waals surface area contributed by atoms with Gasteiger partial charge in [-0.2, -0.15) is 4.39 Å². The molecule has 2 nitrogen and oxygen atoms in total. The number of halogens is 2. The van der Waals surface area contributed by atoms with Crippen LogP contribution in [0.4, 0.5) is 10.1 Å². The molecule has 0 amide bonds. The zero-order chi connectivity index (χ0) is 11.4. The van der Waals surface area contributed by atoms with E-state index in [9.17, 15) is 4.39 Å². The van der Waals surface area contributed by atoms with Crippen molar-refractivity contribution >= 4 is 28.6 Å². The summed E-state index contributed by atoms with van der Waals surface area (Å²) in [5.74, 6) is -0.468. The van der Waals surface area contributed by atoms with Gasteiger partial charge < -0.3 is 5.32 Å². The van der Waals surface area contributed by atoms with Crippen molar-refractivity contribution in [3.63, 3.8) is 0 Å². The van der Waals surface area contributed by atoms with E-state index in [1.807, 2.05) is 12.1 Å². The quantitative estimate of drug-likeness (QED) is 0.846. The average Bonchev–Trinajstić information content (AvgIpc) is 2.64. The highest BCUT2D eigenvalue weighted by atomic mass is 35.5. The number of nitrogens with one attached hydrogen (secondary N) is 1. The van der Waals surface area contributed by atoms with Crippen LogP contribution >= 0.6 is 22.9 Å². The smallest absolute Gasteiger partial charge is 0.214 e. The van der Waals surface area contributed by atoms with E-state index in [2.05, 4.69) is 10.3 Å². The van der Waals surface area contributed by atoms with E-state index in [1.54, 1.807) is 17.4 Å². The van der Waals surface area contributed by atoms with Crippen molar-refractivity contribution in [3.05, 3.63) is 45.6 Å². The Bertz CT molecular complexity index is 473. The Kier molecular flexibility index (Phi) is 3.74. The highest BCUT2D eigenvalue weighted by molar-refractivity contribution is 7.16. The number of aromatic nitrogens is 1. The molecule has 84 valence electrons. The van der Waals surface area contributed by atoms with Crippen molar-refractivity contribution in [2.45, 2.75) is 6.42 Å². The van der Waals surface area contributed by atoms with Gasteiger partial charge in [-0.05, 0) is 24.6 Å². The molecule has 16 heavy (non-hydrogen) atoms. The van der Waals surface area contributed by atoms with Gasteiger partial charge in [0.25, 0.3) is 0 Å². The highest BCUT2D eigenvalue weighted by Crippen LogP contribution is 2.21. The molecule has 0 aromatic carbocycles. The van der Waals surface area contributed by atoms with E-state index in [1.165, 1.54) is 17.1 Å². The molecule has 2 aromatic rings. The van der Waals surface area contributed by atoms with Crippen LogP contribution in [0, 0.1) is 5.95 Å². The Morgan fingerprint density at radius 1 is 1.38 bits per heavy atom. The number of rotatable bonds is 4. The summed E-state index contributed by atoms with van der Waals surface area (Å²) in [5, 5.41) is 3.13. The highest BCUT2D eigenvalue weighted by Gasteiger charge is 1.98. The lowest BCUT2D eigenvalue weighted by molar-refractivity contribution is 0.584. The van der Waals surface area contributed by atoms with Gasteiger partial charge in [0.1, 0.15) is 0 Å². The molecule has 0 aliphatic heterocycles. The topological polar surface area (TPSA) is 24.9 Å². The molecule has 0 saturated heterocycles. The molecular weight excluding hydrogens is 247 g/mol. The fourth-order valence-electron chi connectivity index (χ4n) is 1.33. The van der Waals surface area contributed by atoms with E-state index in [0.717, 1.165) is 23.0 Å². The van der Waals surface area contributed by atoms with Crippen LogP contribution in [0.3, 0.4) is 0 Å². The molecule has 2 aromatic heterocycles. The molecule has 0 saturated carbocycles. The molecular formula is C11H10ClFN2S. The first kappa shape index (κ1) is 11.4. The van der Waals surface area contributed by atoms with Crippen molar-refractivity contribution in [3.8, 4) is 0 Å². The summed E-state index contributed by atoms with van der Waals surface area (Å²) in [5.41, 5.74) is 0.746. The Balaban J connectivity index is 1.84. The standard InChI is InChI=1S/C11H10ClFN2S/c12-10-2-1-9(16-10)4-6-14-8-3-5-15-11(13)7-8/h1-3,5,7H,4,6H2,(H,14,15). The number of thiophene rings is 1. The maximum Gasteiger partial charge on any atom is 0.214 e. The SMILES string of the molecule is Fc1cc(NCCc2ccc(Cl)s2)ccn1. The Morgan fingerprint density at radius 2 is 2.25 bits per heavy atom. The van der Waals surface area contributed by atoms with Gasteiger partial charge in [-0.25, -0.2) is 4.98 Å². The number of hydrogen-bond donors (Lipinski definition) is 1. The molecule has 0 unspecified atom stereocenters. The van der Waals surface area contributed by atoms with Crippen molar-refractivity contribution in [1.29, 1.82) is 0 Å². The summed E-state index contributed by atoms with van der Waals surface area (Å²) in [6.07, 6.45) is 2.32. The first-order chi connectivity index (χ1) is 7.74. The number of anilines is 1. The summed E-state index contributed by atoms with van der Waals surface area (Å²) >= 11 is 7.38. The fourth-order valence-corrected chi connectivity index (χ4v) is 2.42. The lowest BCUT2D eigenvalue weighted by Crippen LogP contribution is -2.04. The molecule has 0 aliphatic carbocycles. The predicted octanol–water partition coefficient (Wildman–Crippen LogP) is 3.59. The molecule has 1 N–H and O–H groups in total. The molecule has 0 fully saturated rings. The minimum absolute atomic E-state index is 0.468. The lowest BCUT2D eigenvalue weighted by Gasteiger charge is -2.04. The third-order valence-electron chi connectivity index (χ3n) is 2.06. The summed E-state index contributed by atoms with van der Waals surface area (Å²) in [6.45, 7) is 0.750. The van der Waals surface area contributed by atoms with Crippen LogP contribution in [0.15, 0.2) is 30.5 Å². The number of nitrogens with zero attached hydrogens (tertiary/aromatic N) is 1. The molecule has 0 radical (unpaired) electrons. The van der Waals surface area contributed by atoms with Crippen LogP contribution in [0.25, 0.3) is 0 Å². The third-order valence-corrected chi connectivity index (χ3v) is 3.35. The Labute approximate surface area is 102 Å². The summed E-state index contributed by atoms with van der Waals surface area (Å²) < 4.78 is 13.6. The van der Waals surface area contributed by atoms with Gasteiger partial charge in [0, 0.05) is 29.4 Å². The van der Waals surface area contributed by atoms with Crippen LogP contribution in [0.5, 0.6) is 0 Å². The monoisotopic (exact) mass is 256 g/mol. The summed E-state index contributed by atoms with van der Waals surface area (Å²) in [7, 11) is 0. The van der Waals surface area contributed by atoms with Gasteiger partial charge in [-0.15, -0.1) is 11.3 Å². The van der Waals surface area contributed by atoms with Crippen molar-refractivity contribution in [2.24, 2.45) is 0 Å². The Hall–Kier alpha value is -1.13. The third kappa shape index (κ3) is 3.18. The fraction of sp³-hybridized carbons (Fsp3) is 0.182. The van der Waals surface area contributed by atoms with Crippen LogP contribution < -0.4 is 5.32 Å². The normalized spacial score (nSPS) is 10.4. The molecule has 0 aliphatic rings. The van der Waals surface area contributed by atoms with E-state index in [0.29, 0.717) is 0 Å². The average molecular weight is 257 g/mol. The number of pyridine rings is 1. The van der Waals surface area contributed by atoms with E-state index >= 15 is 0 Å². The molecule has 0 bridgehead atoms. The molecule has 5 heteroatoms. The van der Waals surface area contributed by atoms with E-state index in [-0.39, 0.29) is 0 Å². The van der Waals surface area contributed by atoms with Crippen molar-refractivity contribution in [1.82, 2.24) is 4.98 Å². The van der Waals surface area contributed by atoms with Gasteiger partial charge in [0.15, 0.2) is 0 Å². The van der Waals surface area contributed by atoms with Gasteiger partial charge in [-0.3, -0.25) is 0 Å². The van der Waals surface area contributed by atoms with E-state index in [4.69, 9.17) is 11.6 Å². The van der Waals surface area contributed by atoms with Gasteiger partial charge in [0.05, 0.1) is 4.34 Å². The summed E-state index contributed by atoms with van der Waals surface area (Å²) in [4.78, 5) is 4.70. The van der Waals surface area contributed by atoms with E-state index < -0.39 is 5.95 Å². The number of hydrogen-bond acceptors (Lipinski definition) is 3. The molecule has 2 heterocycles.